The van der Waals surface area contributed by atoms with Crippen molar-refractivity contribution in [2.45, 2.75) is 13.5 Å². The predicted molar refractivity (Wildman–Crippen MR) is 80.7 cm³/mol. The minimum Gasteiger partial charge on any atom is -0.478 e. The van der Waals surface area contributed by atoms with Crippen LogP contribution in [0.15, 0.2) is 30.7 Å². The lowest BCUT2D eigenvalue weighted by Crippen LogP contribution is -2.03. The molecule has 2 heterocycles. The predicted octanol–water partition coefficient (Wildman–Crippen LogP) is 2.71. The van der Waals surface area contributed by atoms with Crippen LogP contribution in [0.5, 0.6) is 0 Å². The monoisotopic (exact) mass is 300 g/mol. The molecule has 6 nitrogen and oxygen atoms in total. The molecule has 0 aliphatic carbocycles. The molecule has 0 bridgehead atoms. The van der Waals surface area contributed by atoms with Gasteiger partial charge >= 0.3 is 5.97 Å². The number of aromatic nitrogens is 3. The fraction of sp³-hybridized carbons (Fsp3) is 0.143. The summed E-state index contributed by atoms with van der Waals surface area (Å²) >= 11 is 1.62. The highest BCUT2D eigenvalue weighted by Crippen LogP contribution is 2.21. The number of hydrogen-bond donors (Lipinski definition) is 2. The molecule has 2 N–H and O–H groups in total. The van der Waals surface area contributed by atoms with Crippen molar-refractivity contribution < 1.29 is 9.90 Å². The van der Waals surface area contributed by atoms with Gasteiger partial charge < -0.3 is 10.4 Å². The third kappa shape index (κ3) is 2.82. The molecule has 0 unspecified atom stereocenters. The average Bonchev–Trinajstić information content (AvgIpc) is 2.90. The quantitative estimate of drug-likeness (QED) is 0.770. The summed E-state index contributed by atoms with van der Waals surface area (Å²) in [5, 5.41) is 14.0. The number of thiazole rings is 1. The van der Waals surface area contributed by atoms with E-state index in [9.17, 15) is 4.79 Å². The first-order valence-electron chi connectivity index (χ1n) is 6.27. The van der Waals surface area contributed by atoms with Gasteiger partial charge in [-0.2, -0.15) is 0 Å². The van der Waals surface area contributed by atoms with E-state index in [1.54, 1.807) is 23.5 Å². The van der Waals surface area contributed by atoms with Crippen LogP contribution < -0.4 is 5.32 Å². The molecule has 2 aromatic heterocycles. The van der Waals surface area contributed by atoms with Gasteiger partial charge in [-0.1, -0.05) is 0 Å². The number of aromatic carboxylic acids is 1. The SMILES string of the molecule is Cc1cnc(CNc2ncnc3cc(C(=O)O)ccc23)s1. The van der Waals surface area contributed by atoms with Crippen LogP contribution in [0, 0.1) is 6.92 Å². The molecule has 0 spiro atoms. The van der Waals surface area contributed by atoms with Gasteiger partial charge in [0.05, 0.1) is 17.6 Å². The number of anilines is 1. The van der Waals surface area contributed by atoms with E-state index in [2.05, 4.69) is 20.3 Å². The number of nitrogens with zero attached hydrogens (tertiary/aromatic N) is 3. The highest BCUT2D eigenvalue weighted by atomic mass is 32.1. The summed E-state index contributed by atoms with van der Waals surface area (Å²) in [7, 11) is 0. The van der Waals surface area contributed by atoms with Crippen molar-refractivity contribution >= 4 is 34.0 Å². The van der Waals surface area contributed by atoms with Crippen LogP contribution in [0.25, 0.3) is 10.9 Å². The highest BCUT2D eigenvalue weighted by Gasteiger charge is 2.08. The van der Waals surface area contributed by atoms with Crippen LogP contribution in [0.1, 0.15) is 20.2 Å². The van der Waals surface area contributed by atoms with Gasteiger partial charge in [-0.15, -0.1) is 11.3 Å². The third-order valence-electron chi connectivity index (χ3n) is 2.96. The summed E-state index contributed by atoms with van der Waals surface area (Å²) in [5.74, 6) is -0.298. The van der Waals surface area contributed by atoms with Crippen molar-refractivity contribution in [1.82, 2.24) is 15.0 Å². The molecule has 1 aromatic carbocycles. The van der Waals surface area contributed by atoms with Crippen molar-refractivity contribution in [2.75, 3.05) is 5.32 Å². The summed E-state index contributed by atoms with van der Waals surface area (Å²) in [6, 6.07) is 4.80. The number of fused-ring (bicyclic) bond motifs is 1. The molecule has 3 rings (SSSR count). The summed E-state index contributed by atoms with van der Waals surface area (Å²) < 4.78 is 0. The molecule has 0 radical (unpaired) electrons. The molecule has 3 aromatic rings. The second-order valence-electron chi connectivity index (χ2n) is 4.48. The maximum absolute atomic E-state index is 11.0. The van der Waals surface area contributed by atoms with Crippen molar-refractivity contribution in [1.29, 1.82) is 0 Å². The molecule has 0 aliphatic heterocycles. The van der Waals surface area contributed by atoms with Gasteiger partial charge in [-0.3, -0.25) is 0 Å². The Morgan fingerprint density at radius 3 is 2.90 bits per heavy atom. The standard InChI is InChI=1S/C14H12N4O2S/c1-8-5-15-12(21-8)6-16-13-10-3-2-9(14(19)20)4-11(10)17-7-18-13/h2-5,7H,6H2,1H3,(H,19,20)(H,16,17,18). The summed E-state index contributed by atoms with van der Waals surface area (Å²) in [4.78, 5) is 24.7. The Labute approximate surface area is 124 Å². The van der Waals surface area contributed by atoms with E-state index >= 15 is 0 Å². The zero-order valence-electron chi connectivity index (χ0n) is 11.2. The van der Waals surface area contributed by atoms with Crippen LogP contribution in [-0.2, 0) is 6.54 Å². The number of hydrogen-bond acceptors (Lipinski definition) is 6. The fourth-order valence-corrected chi connectivity index (χ4v) is 2.70. The average molecular weight is 300 g/mol. The van der Waals surface area contributed by atoms with E-state index in [1.165, 1.54) is 12.4 Å². The Morgan fingerprint density at radius 1 is 1.33 bits per heavy atom. The number of carboxylic acid groups (broad SMARTS) is 1. The number of benzene rings is 1. The Morgan fingerprint density at radius 2 is 2.19 bits per heavy atom. The van der Waals surface area contributed by atoms with Crippen molar-refractivity contribution in [3.05, 3.63) is 46.2 Å². The molecule has 0 saturated heterocycles. The lowest BCUT2D eigenvalue weighted by atomic mass is 10.1. The van der Waals surface area contributed by atoms with Gasteiger partial charge in [0, 0.05) is 16.5 Å². The van der Waals surface area contributed by atoms with Crippen LogP contribution >= 0.6 is 11.3 Å². The number of aryl methyl sites for hydroxylation is 1. The Hall–Kier alpha value is -2.54. The fourth-order valence-electron chi connectivity index (χ4n) is 1.97. The summed E-state index contributed by atoms with van der Waals surface area (Å²) in [5.41, 5.74) is 0.811. The van der Waals surface area contributed by atoms with E-state index in [-0.39, 0.29) is 5.56 Å². The number of carboxylic acids is 1. The van der Waals surface area contributed by atoms with Gasteiger partial charge in [-0.05, 0) is 25.1 Å². The number of carbonyl (C=O) groups is 1. The van der Waals surface area contributed by atoms with E-state index in [4.69, 9.17) is 5.11 Å². The molecule has 0 atom stereocenters. The lowest BCUT2D eigenvalue weighted by Gasteiger charge is -2.07. The maximum Gasteiger partial charge on any atom is 0.335 e. The number of rotatable bonds is 4. The second-order valence-corrected chi connectivity index (χ2v) is 5.80. The summed E-state index contributed by atoms with van der Waals surface area (Å²) in [6.07, 6.45) is 3.25. The first-order chi connectivity index (χ1) is 10.1. The largest absolute Gasteiger partial charge is 0.478 e. The van der Waals surface area contributed by atoms with E-state index in [1.807, 2.05) is 13.1 Å². The van der Waals surface area contributed by atoms with Crippen LogP contribution in [0.2, 0.25) is 0 Å². The molecular weight excluding hydrogens is 288 g/mol. The van der Waals surface area contributed by atoms with Crippen molar-refractivity contribution in [2.24, 2.45) is 0 Å². The van der Waals surface area contributed by atoms with Crippen molar-refractivity contribution in [3.8, 4) is 0 Å². The van der Waals surface area contributed by atoms with Crippen LogP contribution in [0.4, 0.5) is 5.82 Å². The molecule has 7 heteroatoms. The smallest absolute Gasteiger partial charge is 0.335 e. The second kappa shape index (κ2) is 5.45. The highest BCUT2D eigenvalue weighted by molar-refractivity contribution is 7.11. The normalized spacial score (nSPS) is 10.7. The Balaban J connectivity index is 1.90. The summed E-state index contributed by atoms with van der Waals surface area (Å²) in [6.45, 7) is 2.58. The van der Waals surface area contributed by atoms with E-state index in [0.29, 0.717) is 17.9 Å². The Kier molecular flexibility index (Phi) is 3.49. The zero-order valence-corrected chi connectivity index (χ0v) is 12.0. The Bertz CT molecular complexity index is 816. The molecule has 21 heavy (non-hydrogen) atoms. The van der Waals surface area contributed by atoms with Gasteiger partial charge in [0.1, 0.15) is 17.2 Å². The molecule has 0 saturated carbocycles. The first kappa shape index (κ1) is 13.4. The lowest BCUT2D eigenvalue weighted by molar-refractivity contribution is 0.0697. The molecule has 0 fully saturated rings. The first-order valence-corrected chi connectivity index (χ1v) is 7.08. The zero-order chi connectivity index (χ0) is 14.8. The van der Waals surface area contributed by atoms with Gasteiger partial charge in [0.15, 0.2) is 0 Å². The van der Waals surface area contributed by atoms with Gasteiger partial charge in [0.25, 0.3) is 0 Å². The minimum atomic E-state index is -0.969. The topological polar surface area (TPSA) is 88.0 Å². The number of nitrogens with one attached hydrogen (secondary N) is 1. The van der Waals surface area contributed by atoms with Crippen LogP contribution in [-0.4, -0.2) is 26.0 Å². The van der Waals surface area contributed by atoms with Crippen LogP contribution in [0.3, 0.4) is 0 Å². The van der Waals surface area contributed by atoms with E-state index < -0.39 is 5.97 Å². The van der Waals surface area contributed by atoms with Gasteiger partial charge in [-0.25, -0.2) is 19.7 Å². The van der Waals surface area contributed by atoms with Crippen molar-refractivity contribution in [3.63, 3.8) is 0 Å². The minimum absolute atomic E-state index is 0.211. The van der Waals surface area contributed by atoms with E-state index in [0.717, 1.165) is 15.3 Å². The van der Waals surface area contributed by atoms with Gasteiger partial charge in [0.2, 0.25) is 0 Å². The molecule has 0 aliphatic rings. The molecule has 0 amide bonds. The third-order valence-corrected chi connectivity index (χ3v) is 3.87. The molecular formula is C14H12N4O2S. The maximum atomic E-state index is 11.0. The molecule has 106 valence electrons.